The van der Waals surface area contributed by atoms with Gasteiger partial charge in [-0.3, -0.25) is 9.59 Å². The second-order valence-corrected chi connectivity index (χ2v) is 8.46. The highest BCUT2D eigenvalue weighted by Gasteiger charge is 2.56. The number of methoxy groups -OCH3 is 1. The van der Waals surface area contributed by atoms with E-state index in [9.17, 15) is 23.5 Å². The number of carbonyl (C=O) groups excluding carboxylic acids is 2. The lowest BCUT2D eigenvalue weighted by Crippen LogP contribution is -2.35. The Kier molecular flexibility index (Phi) is 6.04. The molecule has 0 aliphatic heterocycles. The van der Waals surface area contributed by atoms with Gasteiger partial charge in [-0.25, -0.2) is 18.7 Å². The first-order chi connectivity index (χ1) is 17.8. The van der Waals surface area contributed by atoms with Crippen molar-refractivity contribution in [3.8, 4) is 23.1 Å². The zero-order chi connectivity index (χ0) is 26.2. The number of anilines is 2. The van der Waals surface area contributed by atoms with Crippen LogP contribution in [0.3, 0.4) is 0 Å². The highest BCUT2D eigenvalue weighted by molar-refractivity contribution is 6.16. The average molecular weight is 506 g/mol. The highest BCUT2D eigenvalue weighted by atomic mass is 19.1. The van der Waals surface area contributed by atoms with Crippen molar-refractivity contribution in [2.75, 3.05) is 17.7 Å². The van der Waals surface area contributed by atoms with Crippen LogP contribution in [0.2, 0.25) is 0 Å². The Morgan fingerprint density at radius 2 is 1.59 bits per heavy atom. The van der Waals surface area contributed by atoms with E-state index in [0.717, 1.165) is 6.07 Å². The first-order valence-corrected chi connectivity index (χ1v) is 11.2. The van der Waals surface area contributed by atoms with Gasteiger partial charge in [0.15, 0.2) is 23.1 Å². The Bertz CT molecular complexity index is 1520. The quantitative estimate of drug-likeness (QED) is 0.309. The second kappa shape index (κ2) is 9.34. The van der Waals surface area contributed by atoms with E-state index in [1.54, 1.807) is 0 Å². The molecule has 5 rings (SSSR count). The zero-order valence-electron chi connectivity index (χ0n) is 19.4. The number of nitrogens with one attached hydrogen (secondary N) is 2. The van der Waals surface area contributed by atoms with Crippen LogP contribution in [0.4, 0.5) is 20.2 Å². The molecule has 3 N–H and O–H groups in total. The Morgan fingerprint density at radius 1 is 0.919 bits per heavy atom. The summed E-state index contributed by atoms with van der Waals surface area (Å²) in [7, 11) is 1.39. The first kappa shape index (κ1) is 23.9. The smallest absolute Gasteiger partial charge is 0.240 e. The molecule has 11 heteroatoms. The number of aromatic hydroxyl groups is 1. The number of phenolic OH excluding ortho intramolecular Hbond substituents is 1. The summed E-state index contributed by atoms with van der Waals surface area (Å²) in [5, 5.41) is 15.5. The summed E-state index contributed by atoms with van der Waals surface area (Å²) < 4.78 is 38.7. The summed E-state index contributed by atoms with van der Waals surface area (Å²) in [6.45, 7) is 0. The van der Waals surface area contributed by atoms with Gasteiger partial charge in [-0.2, -0.15) is 0 Å². The van der Waals surface area contributed by atoms with Crippen molar-refractivity contribution in [1.82, 2.24) is 9.97 Å². The zero-order valence-corrected chi connectivity index (χ0v) is 19.4. The van der Waals surface area contributed by atoms with Gasteiger partial charge in [0.05, 0.1) is 18.0 Å². The normalized spacial score (nSPS) is 13.6. The van der Waals surface area contributed by atoms with E-state index >= 15 is 0 Å². The number of carbonyl (C=O) groups is 2. The third kappa shape index (κ3) is 4.70. The average Bonchev–Trinajstić information content (AvgIpc) is 3.69. The number of fused-ring (bicyclic) bond motifs is 1. The molecule has 0 spiro atoms. The molecule has 1 aromatic heterocycles. The van der Waals surface area contributed by atoms with Gasteiger partial charge >= 0.3 is 0 Å². The minimum atomic E-state index is -1.29. The van der Waals surface area contributed by atoms with E-state index in [4.69, 9.17) is 9.47 Å². The molecule has 188 valence electrons. The van der Waals surface area contributed by atoms with Crippen LogP contribution < -0.4 is 20.1 Å². The number of benzene rings is 3. The number of hydrogen-bond acceptors (Lipinski definition) is 7. The molecule has 0 unspecified atom stereocenters. The Morgan fingerprint density at radius 3 is 2.24 bits per heavy atom. The lowest BCUT2D eigenvalue weighted by atomic mass is 10.0. The van der Waals surface area contributed by atoms with Crippen molar-refractivity contribution in [1.29, 1.82) is 0 Å². The number of hydrogen-bond donors (Lipinski definition) is 3. The number of rotatable bonds is 7. The molecule has 1 aliphatic carbocycles. The van der Waals surface area contributed by atoms with Crippen LogP contribution in [0.25, 0.3) is 10.9 Å². The fourth-order valence-corrected chi connectivity index (χ4v) is 3.78. The summed E-state index contributed by atoms with van der Waals surface area (Å²) in [6.07, 6.45) is 1.87. The van der Waals surface area contributed by atoms with E-state index in [1.165, 1.54) is 62.0 Å². The van der Waals surface area contributed by atoms with Crippen molar-refractivity contribution in [3.05, 3.63) is 72.6 Å². The SMILES string of the molecule is COc1cc2c(Oc3ccc(NC(=O)C4(C(=O)Nc5ccc(F)cc5)CC4)cc3F)ncnc2cc1O. The van der Waals surface area contributed by atoms with Crippen molar-refractivity contribution in [3.63, 3.8) is 0 Å². The fourth-order valence-electron chi connectivity index (χ4n) is 3.78. The van der Waals surface area contributed by atoms with Crippen LogP contribution in [0.5, 0.6) is 23.1 Å². The number of nitrogens with zero attached hydrogens (tertiary/aromatic N) is 2. The van der Waals surface area contributed by atoms with Gasteiger partial charge in [0.2, 0.25) is 17.7 Å². The van der Waals surface area contributed by atoms with Crippen molar-refractivity contribution in [2.45, 2.75) is 12.8 Å². The molecule has 1 saturated carbocycles. The Balaban J connectivity index is 1.30. The molecule has 0 radical (unpaired) electrons. The summed E-state index contributed by atoms with van der Waals surface area (Å²) in [6, 6.07) is 11.9. The van der Waals surface area contributed by atoms with Gasteiger partial charge in [-0.1, -0.05) is 0 Å². The van der Waals surface area contributed by atoms with E-state index < -0.39 is 28.9 Å². The summed E-state index contributed by atoms with van der Waals surface area (Å²) in [4.78, 5) is 33.7. The number of phenols is 1. The lowest BCUT2D eigenvalue weighted by Gasteiger charge is -2.16. The van der Waals surface area contributed by atoms with Gasteiger partial charge in [-0.15, -0.1) is 0 Å². The molecule has 0 bridgehead atoms. The molecule has 3 aromatic carbocycles. The second-order valence-electron chi connectivity index (χ2n) is 8.46. The van der Waals surface area contributed by atoms with Crippen molar-refractivity contribution >= 4 is 34.1 Å². The maximum Gasteiger partial charge on any atom is 0.240 e. The molecule has 1 fully saturated rings. The largest absolute Gasteiger partial charge is 0.504 e. The molecule has 2 amide bonds. The van der Waals surface area contributed by atoms with Gasteiger partial charge < -0.3 is 25.2 Å². The molecule has 4 aromatic rings. The maximum absolute atomic E-state index is 14.9. The number of aromatic nitrogens is 2. The van der Waals surface area contributed by atoms with E-state index in [2.05, 4.69) is 20.6 Å². The van der Waals surface area contributed by atoms with Gasteiger partial charge in [0.25, 0.3) is 0 Å². The van der Waals surface area contributed by atoms with Gasteiger partial charge in [-0.05, 0) is 55.3 Å². The minimum absolute atomic E-state index is 0.0355. The van der Waals surface area contributed by atoms with E-state index in [-0.39, 0.29) is 28.8 Å². The van der Waals surface area contributed by atoms with Crippen LogP contribution in [-0.4, -0.2) is 34.0 Å². The predicted molar refractivity (Wildman–Crippen MR) is 130 cm³/mol. The van der Waals surface area contributed by atoms with Crippen LogP contribution >= 0.6 is 0 Å². The van der Waals surface area contributed by atoms with Crippen LogP contribution in [-0.2, 0) is 9.59 Å². The Hall–Kier alpha value is -4.80. The highest BCUT2D eigenvalue weighted by Crippen LogP contribution is 2.47. The molecule has 37 heavy (non-hydrogen) atoms. The van der Waals surface area contributed by atoms with Crippen LogP contribution in [0.1, 0.15) is 12.8 Å². The third-order valence-electron chi connectivity index (χ3n) is 6.02. The van der Waals surface area contributed by atoms with Crippen LogP contribution in [0.15, 0.2) is 60.9 Å². The van der Waals surface area contributed by atoms with Gasteiger partial charge in [0.1, 0.15) is 17.6 Å². The molecular formula is C26H20F2N4O5. The van der Waals surface area contributed by atoms with E-state index in [1.807, 2.05) is 0 Å². The number of ether oxygens (including phenoxy) is 2. The minimum Gasteiger partial charge on any atom is -0.504 e. The predicted octanol–water partition coefficient (Wildman–Crippen LogP) is 4.77. The standard InChI is InChI=1S/C26H20F2N4O5/c1-36-22-11-17-19(12-20(22)33)29-13-30-23(17)37-21-7-6-16(10-18(21)28)32-25(35)26(8-9-26)24(34)31-15-4-2-14(27)3-5-15/h2-7,10-13,33H,8-9H2,1H3,(H,31,34)(H,32,35). The number of amides is 2. The first-order valence-electron chi connectivity index (χ1n) is 11.2. The molecule has 0 atom stereocenters. The molecule has 9 nitrogen and oxygen atoms in total. The monoisotopic (exact) mass is 506 g/mol. The molecular weight excluding hydrogens is 486 g/mol. The maximum atomic E-state index is 14.9. The molecule has 1 aliphatic rings. The van der Waals surface area contributed by atoms with Crippen molar-refractivity contribution < 1.29 is 33.0 Å². The summed E-state index contributed by atoms with van der Waals surface area (Å²) in [5.41, 5.74) is -0.427. The van der Waals surface area contributed by atoms with E-state index in [0.29, 0.717) is 29.4 Å². The van der Waals surface area contributed by atoms with Gasteiger partial charge in [0, 0.05) is 23.5 Å². The van der Waals surface area contributed by atoms with Crippen molar-refractivity contribution in [2.24, 2.45) is 5.41 Å². The van der Waals surface area contributed by atoms with Crippen LogP contribution in [0, 0.1) is 17.0 Å². The summed E-state index contributed by atoms with van der Waals surface area (Å²) in [5.74, 6) is -2.40. The number of halogens is 2. The Labute approximate surface area is 209 Å². The fraction of sp³-hybridized carbons (Fsp3) is 0.154. The topological polar surface area (TPSA) is 123 Å². The lowest BCUT2D eigenvalue weighted by molar-refractivity contribution is -0.131. The molecule has 1 heterocycles. The molecule has 0 saturated heterocycles. The third-order valence-corrected chi connectivity index (χ3v) is 6.02. The summed E-state index contributed by atoms with van der Waals surface area (Å²) >= 11 is 0.